The van der Waals surface area contributed by atoms with Gasteiger partial charge in [0.05, 0.1) is 12.5 Å². The fourth-order valence-electron chi connectivity index (χ4n) is 3.12. The molecule has 5 heteroatoms. The van der Waals surface area contributed by atoms with Crippen LogP contribution in [0.25, 0.3) is 0 Å². The highest BCUT2D eigenvalue weighted by Gasteiger charge is 2.29. The van der Waals surface area contributed by atoms with Gasteiger partial charge in [0.25, 0.3) is 0 Å². The van der Waals surface area contributed by atoms with Gasteiger partial charge in [0.2, 0.25) is 11.8 Å². The molecule has 0 unspecified atom stereocenters. The Morgan fingerprint density at radius 2 is 2.16 bits per heavy atom. The predicted molar refractivity (Wildman–Crippen MR) is 98.2 cm³/mol. The molecule has 0 aromatic heterocycles. The van der Waals surface area contributed by atoms with Crippen molar-refractivity contribution in [2.45, 2.75) is 46.6 Å². The topological polar surface area (TPSA) is 58.6 Å². The number of rotatable bonds is 7. The maximum atomic E-state index is 12.5. The number of hydrogen-bond donors (Lipinski definition) is 1. The molecule has 0 saturated carbocycles. The SMILES string of the molecule is CCOc1cccc(CNC(=O)[C@H]2CCCN(C(=O)[C@@H](C)CC)C2)c1. The van der Waals surface area contributed by atoms with Gasteiger partial charge in [-0.3, -0.25) is 9.59 Å². The van der Waals surface area contributed by atoms with E-state index in [2.05, 4.69) is 5.32 Å². The van der Waals surface area contributed by atoms with Gasteiger partial charge in [-0.15, -0.1) is 0 Å². The largest absolute Gasteiger partial charge is 0.494 e. The maximum Gasteiger partial charge on any atom is 0.225 e. The molecule has 1 N–H and O–H groups in total. The monoisotopic (exact) mass is 346 g/mol. The number of likely N-dealkylation sites (tertiary alicyclic amines) is 1. The Balaban J connectivity index is 1.88. The van der Waals surface area contributed by atoms with Crippen molar-refractivity contribution in [1.29, 1.82) is 0 Å². The van der Waals surface area contributed by atoms with Gasteiger partial charge in [-0.05, 0) is 43.9 Å². The van der Waals surface area contributed by atoms with Gasteiger partial charge in [-0.2, -0.15) is 0 Å². The number of nitrogens with one attached hydrogen (secondary N) is 1. The van der Waals surface area contributed by atoms with Gasteiger partial charge >= 0.3 is 0 Å². The smallest absolute Gasteiger partial charge is 0.225 e. The lowest BCUT2D eigenvalue weighted by Crippen LogP contribution is -2.46. The molecule has 1 fully saturated rings. The van der Waals surface area contributed by atoms with Crippen LogP contribution in [-0.4, -0.2) is 36.4 Å². The van der Waals surface area contributed by atoms with Crippen LogP contribution in [0.2, 0.25) is 0 Å². The predicted octanol–water partition coefficient (Wildman–Crippen LogP) is 2.99. The Morgan fingerprint density at radius 3 is 2.88 bits per heavy atom. The molecule has 2 atom stereocenters. The van der Waals surface area contributed by atoms with Crippen LogP contribution in [0.4, 0.5) is 0 Å². The van der Waals surface area contributed by atoms with E-state index in [-0.39, 0.29) is 23.7 Å². The van der Waals surface area contributed by atoms with Crippen molar-refractivity contribution in [3.05, 3.63) is 29.8 Å². The Hall–Kier alpha value is -2.04. The van der Waals surface area contributed by atoms with Gasteiger partial charge in [-0.1, -0.05) is 26.0 Å². The average Bonchev–Trinajstić information content (AvgIpc) is 2.65. The summed E-state index contributed by atoms with van der Waals surface area (Å²) in [7, 11) is 0. The Labute approximate surface area is 150 Å². The summed E-state index contributed by atoms with van der Waals surface area (Å²) >= 11 is 0. The first-order chi connectivity index (χ1) is 12.0. The molecule has 2 rings (SSSR count). The maximum absolute atomic E-state index is 12.5. The Kier molecular flexibility index (Phi) is 7.29. The van der Waals surface area contributed by atoms with Crippen molar-refractivity contribution in [1.82, 2.24) is 10.2 Å². The van der Waals surface area contributed by atoms with Gasteiger partial charge in [0.15, 0.2) is 0 Å². The summed E-state index contributed by atoms with van der Waals surface area (Å²) < 4.78 is 5.49. The normalized spacial score (nSPS) is 18.5. The first-order valence-corrected chi connectivity index (χ1v) is 9.33. The average molecular weight is 346 g/mol. The van der Waals surface area contributed by atoms with Crippen molar-refractivity contribution >= 4 is 11.8 Å². The Bertz CT molecular complexity index is 588. The summed E-state index contributed by atoms with van der Waals surface area (Å²) in [5.74, 6) is 0.935. The van der Waals surface area contributed by atoms with Crippen molar-refractivity contribution in [2.75, 3.05) is 19.7 Å². The number of benzene rings is 1. The number of carbonyl (C=O) groups excluding carboxylic acids is 2. The molecule has 25 heavy (non-hydrogen) atoms. The van der Waals surface area contributed by atoms with Crippen LogP contribution >= 0.6 is 0 Å². The highest BCUT2D eigenvalue weighted by molar-refractivity contribution is 5.82. The van der Waals surface area contributed by atoms with E-state index in [1.807, 2.05) is 49.9 Å². The van der Waals surface area contributed by atoms with Crippen LogP contribution in [-0.2, 0) is 16.1 Å². The summed E-state index contributed by atoms with van der Waals surface area (Å²) in [5.41, 5.74) is 1.02. The number of ether oxygens (including phenoxy) is 1. The number of nitrogens with zero attached hydrogens (tertiary/aromatic N) is 1. The summed E-state index contributed by atoms with van der Waals surface area (Å²) in [6.07, 6.45) is 2.57. The van der Waals surface area contributed by atoms with E-state index in [9.17, 15) is 9.59 Å². The molecular weight excluding hydrogens is 316 g/mol. The number of amides is 2. The number of carbonyl (C=O) groups is 2. The van der Waals surface area contributed by atoms with Crippen molar-refractivity contribution in [3.63, 3.8) is 0 Å². The van der Waals surface area contributed by atoms with E-state index in [1.165, 1.54) is 0 Å². The van der Waals surface area contributed by atoms with E-state index >= 15 is 0 Å². The summed E-state index contributed by atoms with van der Waals surface area (Å²) in [5, 5.41) is 3.01. The van der Waals surface area contributed by atoms with Gasteiger partial charge in [0, 0.05) is 25.6 Å². The molecule has 1 aromatic rings. The van der Waals surface area contributed by atoms with Crippen molar-refractivity contribution in [3.8, 4) is 5.75 Å². The fourth-order valence-corrected chi connectivity index (χ4v) is 3.12. The fraction of sp³-hybridized carbons (Fsp3) is 0.600. The third-order valence-electron chi connectivity index (χ3n) is 4.81. The Morgan fingerprint density at radius 1 is 1.36 bits per heavy atom. The summed E-state index contributed by atoms with van der Waals surface area (Å²) in [6, 6.07) is 7.76. The zero-order valence-electron chi connectivity index (χ0n) is 15.6. The molecule has 0 radical (unpaired) electrons. The zero-order chi connectivity index (χ0) is 18.2. The molecule has 1 saturated heterocycles. The zero-order valence-corrected chi connectivity index (χ0v) is 15.6. The highest BCUT2D eigenvalue weighted by Crippen LogP contribution is 2.20. The standard InChI is InChI=1S/C20H30N2O3/c1-4-15(3)20(24)22-11-7-9-17(14-22)19(23)21-13-16-8-6-10-18(12-16)25-5-2/h6,8,10,12,15,17H,4-5,7,9,11,13-14H2,1-3H3,(H,21,23)/t15-,17-/m0/s1. The molecule has 5 nitrogen and oxygen atoms in total. The van der Waals surface area contributed by atoms with Crippen LogP contribution in [0.3, 0.4) is 0 Å². The molecule has 138 valence electrons. The van der Waals surface area contributed by atoms with Gasteiger partial charge < -0.3 is 15.0 Å². The lowest BCUT2D eigenvalue weighted by Gasteiger charge is -2.33. The minimum atomic E-state index is -0.114. The molecule has 1 aliphatic heterocycles. The molecular formula is C20H30N2O3. The molecule has 1 aliphatic rings. The second-order valence-corrected chi connectivity index (χ2v) is 6.73. The van der Waals surface area contributed by atoms with Crippen LogP contribution in [0.15, 0.2) is 24.3 Å². The number of piperidine rings is 1. The molecule has 1 aromatic carbocycles. The third kappa shape index (κ3) is 5.48. The minimum Gasteiger partial charge on any atom is -0.494 e. The van der Waals surface area contributed by atoms with Gasteiger partial charge in [0.1, 0.15) is 5.75 Å². The molecule has 1 heterocycles. The second-order valence-electron chi connectivity index (χ2n) is 6.73. The second kappa shape index (κ2) is 9.44. The molecule has 0 bridgehead atoms. The molecule has 0 aliphatic carbocycles. The van der Waals surface area contributed by atoms with E-state index in [0.29, 0.717) is 19.7 Å². The first kappa shape index (κ1) is 19.3. The van der Waals surface area contributed by atoms with Crippen LogP contribution in [0.5, 0.6) is 5.75 Å². The van der Waals surface area contributed by atoms with E-state index < -0.39 is 0 Å². The summed E-state index contributed by atoms with van der Waals surface area (Å²) in [6.45, 7) is 8.33. The lowest BCUT2D eigenvalue weighted by molar-refractivity contribution is -0.139. The molecule has 2 amide bonds. The third-order valence-corrected chi connectivity index (χ3v) is 4.81. The van der Waals surface area contributed by atoms with Crippen LogP contribution < -0.4 is 10.1 Å². The van der Waals surface area contributed by atoms with E-state index in [1.54, 1.807) is 0 Å². The van der Waals surface area contributed by atoms with Crippen molar-refractivity contribution < 1.29 is 14.3 Å². The quantitative estimate of drug-likeness (QED) is 0.826. The minimum absolute atomic E-state index is 0.0307. The van der Waals surface area contributed by atoms with Crippen LogP contribution in [0, 0.1) is 11.8 Å². The first-order valence-electron chi connectivity index (χ1n) is 9.33. The van der Waals surface area contributed by atoms with Gasteiger partial charge in [-0.25, -0.2) is 0 Å². The lowest BCUT2D eigenvalue weighted by atomic mass is 9.95. The van der Waals surface area contributed by atoms with E-state index in [4.69, 9.17) is 4.74 Å². The van der Waals surface area contributed by atoms with Crippen LogP contribution in [0.1, 0.15) is 45.6 Å². The van der Waals surface area contributed by atoms with E-state index in [0.717, 1.165) is 37.1 Å². The number of hydrogen-bond acceptors (Lipinski definition) is 3. The highest BCUT2D eigenvalue weighted by atomic mass is 16.5. The summed E-state index contributed by atoms with van der Waals surface area (Å²) in [4.78, 5) is 26.7. The van der Waals surface area contributed by atoms with Crippen molar-refractivity contribution in [2.24, 2.45) is 11.8 Å². The molecule has 0 spiro atoms.